The van der Waals surface area contributed by atoms with Crippen LogP contribution in [0, 0.1) is 0 Å². The highest BCUT2D eigenvalue weighted by atomic mass is 35.5. The van der Waals surface area contributed by atoms with E-state index in [2.05, 4.69) is 5.32 Å². The second-order valence-corrected chi connectivity index (χ2v) is 7.50. The van der Waals surface area contributed by atoms with E-state index in [4.69, 9.17) is 16.3 Å². The molecule has 1 aromatic carbocycles. The summed E-state index contributed by atoms with van der Waals surface area (Å²) in [5.74, 6) is -1.27. The molecule has 0 unspecified atom stereocenters. The zero-order chi connectivity index (χ0) is 19.0. The van der Waals surface area contributed by atoms with Crippen molar-refractivity contribution in [3.63, 3.8) is 0 Å². The molecule has 0 saturated heterocycles. The molecule has 0 heterocycles. The van der Waals surface area contributed by atoms with Gasteiger partial charge in [-0.05, 0) is 25.1 Å². The average molecular weight is 387 g/mol. The molecule has 0 radical (unpaired) electrons. The third-order valence-electron chi connectivity index (χ3n) is 2.85. The van der Waals surface area contributed by atoms with E-state index in [-0.39, 0.29) is 15.6 Å². The fraction of sp³-hybridized carbons (Fsp3) is 0.250. The van der Waals surface area contributed by atoms with Gasteiger partial charge in [0.15, 0.2) is 6.61 Å². The number of rotatable bonds is 7. The van der Waals surface area contributed by atoms with Gasteiger partial charge in [0.1, 0.15) is 4.90 Å². The lowest BCUT2D eigenvalue weighted by Gasteiger charge is -2.14. The Bertz CT molecular complexity index is 801. The lowest BCUT2D eigenvalue weighted by atomic mass is 10.3. The number of halogens is 1. The number of hydrogen-bond acceptors (Lipinski definition) is 5. The lowest BCUT2D eigenvalue weighted by Crippen LogP contribution is -2.23. The van der Waals surface area contributed by atoms with E-state index < -0.39 is 28.5 Å². The van der Waals surface area contributed by atoms with Gasteiger partial charge in [0.2, 0.25) is 10.0 Å². The van der Waals surface area contributed by atoms with E-state index >= 15 is 0 Å². The Morgan fingerprint density at radius 2 is 1.96 bits per heavy atom. The number of benzene rings is 1. The maximum atomic E-state index is 12.2. The molecule has 0 saturated carbocycles. The number of esters is 1. The first-order valence-electron chi connectivity index (χ1n) is 7.16. The summed E-state index contributed by atoms with van der Waals surface area (Å²) < 4.78 is 30.1. The minimum atomic E-state index is -3.76. The van der Waals surface area contributed by atoms with Gasteiger partial charge in [-0.25, -0.2) is 17.5 Å². The van der Waals surface area contributed by atoms with E-state index in [1.807, 2.05) is 0 Å². The van der Waals surface area contributed by atoms with Gasteiger partial charge in [-0.2, -0.15) is 0 Å². The van der Waals surface area contributed by atoms with Crippen molar-refractivity contribution >= 4 is 39.2 Å². The predicted molar refractivity (Wildman–Crippen MR) is 95.9 cm³/mol. The first kappa shape index (κ1) is 20.9. The second kappa shape index (κ2) is 9.36. The third kappa shape index (κ3) is 6.33. The largest absolute Gasteiger partial charge is 0.452 e. The van der Waals surface area contributed by atoms with Crippen LogP contribution in [0.5, 0.6) is 0 Å². The van der Waals surface area contributed by atoms with Crippen LogP contribution in [0.3, 0.4) is 0 Å². The molecule has 0 aliphatic carbocycles. The van der Waals surface area contributed by atoms with E-state index in [0.29, 0.717) is 0 Å². The van der Waals surface area contributed by atoms with Crippen molar-refractivity contribution in [1.82, 2.24) is 4.31 Å². The number of ether oxygens (including phenoxy) is 1. The highest BCUT2D eigenvalue weighted by Gasteiger charge is 2.21. The fourth-order valence-electron chi connectivity index (χ4n) is 1.60. The topological polar surface area (TPSA) is 92.8 Å². The van der Waals surface area contributed by atoms with Crippen molar-refractivity contribution in [1.29, 1.82) is 0 Å². The molecule has 136 valence electrons. The summed E-state index contributed by atoms with van der Waals surface area (Å²) in [6, 6.07) is 4.05. The number of nitrogens with zero attached hydrogens (tertiary/aromatic N) is 1. The molecule has 1 rings (SSSR count). The van der Waals surface area contributed by atoms with Crippen molar-refractivity contribution in [2.75, 3.05) is 26.0 Å². The maximum absolute atomic E-state index is 12.2. The van der Waals surface area contributed by atoms with Gasteiger partial charge in [-0.15, -0.1) is 0 Å². The number of nitrogens with one attached hydrogen (secondary N) is 1. The monoisotopic (exact) mass is 386 g/mol. The Labute approximate surface area is 152 Å². The minimum absolute atomic E-state index is 0.0345. The number of sulfonamides is 1. The highest BCUT2D eigenvalue weighted by Crippen LogP contribution is 2.26. The van der Waals surface area contributed by atoms with E-state index in [9.17, 15) is 18.0 Å². The summed E-state index contributed by atoms with van der Waals surface area (Å²) in [4.78, 5) is 23.0. The van der Waals surface area contributed by atoms with Crippen LogP contribution in [-0.2, 0) is 24.3 Å². The van der Waals surface area contributed by atoms with Crippen LogP contribution in [0.1, 0.15) is 6.92 Å². The van der Waals surface area contributed by atoms with E-state index in [0.717, 1.165) is 4.31 Å². The van der Waals surface area contributed by atoms with E-state index in [1.165, 1.54) is 44.4 Å². The number of carbonyl (C=O) groups excluding carboxylic acids is 2. The van der Waals surface area contributed by atoms with Crippen molar-refractivity contribution < 1.29 is 22.7 Å². The number of carbonyl (C=O) groups is 2. The fourth-order valence-corrected chi connectivity index (χ4v) is 3.00. The molecule has 1 amide bonds. The molecule has 1 aromatic rings. The molecule has 0 aliphatic rings. The molecular weight excluding hydrogens is 368 g/mol. The molecule has 7 nitrogen and oxygen atoms in total. The lowest BCUT2D eigenvalue weighted by molar-refractivity contribution is -0.142. The quantitative estimate of drug-likeness (QED) is 0.440. The van der Waals surface area contributed by atoms with Crippen molar-refractivity contribution in [3.05, 3.63) is 47.5 Å². The molecule has 0 atom stereocenters. The number of allylic oxidation sites excluding steroid dienone is 3. The van der Waals surface area contributed by atoms with E-state index in [1.54, 1.807) is 19.1 Å². The molecule has 1 N–H and O–H groups in total. The smallest absolute Gasteiger partial charge is 0.331 e. The van der Waals surface area contributed by atoms with Crippen molar-refractivity contribution in [2.45, 2.75) is 11.8 Å². The van der Waals surface area contributed by atoms with Crippen LogP contribution in [0.4, 0.5) is 5.69 Å². The van der Waals surface area contributed by atoms with Gasteiger partial charge in [-0.3, -0.25) is 4.79 Å². The number of anilines is 1. The second-order valence-electron chi connectivity index (χ2n) is 4.97. The SMILES string of the molecule is C/C=C/C=C/C(=O)OCC(=O)Nc1ccc(Cl)c(S(=O)(=O)N(C)C)c1. The average Bonchev–Trinajstić information content (AvgIpc) is 2.54. The predicted octanol–water partition coefficient (Wildman–Crippen LogP) is 2.20. The summed E-state index contributed by atoms with van der Waals surface area (Å²) in [7, 11) is -1.01. The molecule has 0 aromatic heterocycles. The Hall–Kier alpha value is -2.16. The number of hydrogen-bond donors (Lipinski definition) is 1. The highest BCUT2D eigenvalue weighted by molar-refractivity contribution is 7.89. The minimum Gasteiger partial charge on any atom is -0.452 e. The zero-order valence-corrected chi connectivity index (χ0v) is 15.6. The first-order valence-corrected chi connectivity index (χ1v) is 8.98. The van der Waals surface area contributed by atoms with Crippen LogP contribution in [-0.4, -0.2) is 45.3 Å². The zero-order valence-electron chi connectivity index (χ0n) is 14.0. The van der Waals surface area contributed by atoms with Crippen LogP contribution >= 0.6 is 11.6 Å². The van der Waals surface area contributed by atoms with Crippen molar-refractivity contribution in [3.8, 4) is 0 Å². The van der Waals surface area contributed by atoms with Crippen LogP contribution in [0.2, 0.25) is 5.02 Å². The Balaban J connectivity index is 2.78. The van der Waals surface area contributed by atoms with Gasteiger partial charge < -0.3 is 10.1 Å². The summed E-state index contributed by atoms with van der Waals surface area (Å²) in [5.41, 5.74) is 0.218. The van der Waals surface area contributed by atoms with Crippen LogP contribution in [0.25, 0.3) is 0 Å². The molecule has 0 bridgehead atoms. The summed E-state index contributed by atoms with van der Waals surface area (Å²) in [6.07, 6.45) is 6.04. The molecule has 0 aliphatic heterocycles. The standard InChI is InChI=1S/C16H19ClN2O5S/c1-4-5-6-7-16(21)24-11-15(20)18-12-8-9-13(17)14(10-12)25(22,23)19(2)3/h4-10H,11H2,1-3H3,(H,18,20)/b5-4+,7-6+. The summed E-state index contributed by atoms with van der Waals surface area (Å²) in [5, 5.41) is 2.48. The first-order chi connectivity index (χ1) is 11.7. The molecule has 9 heteroatoms. The molecular formula is C16H19ClN2O5S. The number of amides is 1. The summed E-state index contributed by atoms with van der Waals surface area (Å²) >= 11 is 5.92. The van der Waals surface area contributed by atoms with Gasteiger partial charge in [0, 0.05) is 25.9 Å². The molecule has 25 heavy (non-hydrogen) atoms. The van der Waals surface area contributed by atoms with Gasteiger partial charge in [-0.1, -0.05) is 29.8 Å². The Morgan fingerprint density at radius 1 is 1.28 bits per heavy atom. The molecule has 0 fully saturated rings. The third-order valence-corrected chi connectivity index (χ3v) is 5.15. The maximum Gasteiger partial charge on any atom is 0.331 e. The Kier molecular flexibility index (Phi) is 7.82. The van der Waals surface area contributed by atoms with Crippen LogP contribution in [0.15, 0.2) is 47.4 Å². The molecule has 0 spiro atoms. The van der Waals surface area contributed by atoms with Crippen LogP contribution < -0.4 is 5.32 Å². The summed E-state index contributed by atoms with van der Waals surface area (Å²) in [6.45, 7) is 1.29. The van der Waals surface area contributed by atoms with Gasteiger partial charge >= 0.3 is 5.97 Å². The van der Waals surface area contributed by atoms with Gasteiger partial charge in [0.25, 0.3) is 5.91 Å². The normalized spacial score (nSPS) is 12.0. The Morgan fingerprint density at radius 3 is 2.56 bits per heavy atom. The van der Waals surface area contributed by atoms with Crippen molar-refractivity contribution in [2.24, 2.45) is 0 Å². The van der Waals surface area contributed by atoms with Gasteiger partial charge in [0.05, 0.1) is 5.02 Å².